The van der Waals surface area contributed by atoms with E-state index in [0.717, 1.165) is 70.6 Å². The van der Waals surface area contributed by atoms with Crippen LogP contribution in [0.4, 0.5) is 0 Å². The number of rotatable bonds is 39. The molecule has 0 saturated carbocycles. The molecule has 0 aliphatic rings. The van der Waals surface area contributed by atoms with Gasteiger partial charge in [-0.1, -0.05) is 178 Å². The fraction of sp³-hybridized carbons (Fsp3) is 0.778. The normalized spacial score (nSPS) is 12.6. The van der Waals surface area contributed by atoms with Gasteiger partial charge >= 0.3 is 11.9 Å². The number of aliphatic hydroxyl groups is 2. The van der Waals surface area contributed by atoms with Gasteiger partial charge in [-0.2, -0.15) is 0 Å². The molecule has 0 heterocycles. The highest BCUT2D eigenvalue weighted by Crippen LogP contribution is 2.15. The fourth-order valence-electron chi connectivity index (χ4n) is 5.88. The van der Waals surface area contributed by atoms with Crippen LogP contribution in [-0.4, -0.2) is 48.1 Å². The zero-order valence-corrected chi connectivity index (χ0v) is 33.1. The monoisotopic (exact) mass is 717 g/mol. The van der Waals surface area contributed by atoms with Crippen molar-refractivity contribution in [2.24, 2.45) is 0 Å². The molecule has 296 valence electrons. The Labute approximate surface area is 314 Å². The highest BCUT2D eigenvalue weighted by atomic mass is 16.6. The molecule has 0 aromatic rings. The van der Waals surface area contributed by atoms with E-state index in [-0.39, 0.29) is 25.2 Å². The Morgan fingerprint density at radius 3 is 1.20 bits per heavy atom. The summed E-state index contributed by atoms with van der Waals surface area (Å²) in [5.41, 5.74) is 0. The van der Waals surface area contributed by atoms with Gasteiger partial charge in [-0.15, -0.1) is 0 Å². The number of esters is 2. The standard InChI is InChI=1S/C45H80O6/c1-2-3-4-5-6-7-8-9-10-11-12-14-17-20-23-26-29-32-35-38-44(48)50-41-43(47)42-51-45(49)39-36-33-30-27-24-21-18-15-13-16-19-22-25-28-31-34-37-40-46/h13,16,18,21-22,25,27,30,43,46-47H,2-12,14-15,17,19-20,23-24,26,28-29,31-42H2,1H3/b16-13-,21-18-,25-22-,30-27-/t43-/m0/s1. The van der Waals surface area contributed by atoms with E-state index in [1.807, 2.05) is 0 Å². The second kappa shape index (κ2) is 42.2. The van der Waals surface area contributed by atoms with Gasteiger partial charge in [0.05, 0.1) is 0 Å². The maximum absolute atomic E-state index is 12.0. The molecular weight excluding hydrogens is 636 g/mol. The lowest BCUT2D eigenvalue weighted by atomic mass is 10.0. The van der Waals surface area contributed by atoms with E-state index in [0.29, 0.717) is 25.9 Å². The third-order valence-corrected chi connectivity index (χ3v) is 9.12. The summed E-state index contributed by atoms with van der Waals surface area (Å²) in [4.78, 5) is 24.0. The van der Waals surface area contributed by atoms with Crippen LogP contribution in [0.5, 0.6) is 0 Å². The second-order valence-electron chi connectivity index (χ2n) is 14.2. The second-order valence-corrected chi connectivity index (χ2v) is 14.2. The molecule has 0 bridgehead atoms. The molecule has 0 rings (SSSR count). The van der Waals surface area contributed by atoms with Crippen LogP contribution in [-0.2, 0) is 19.1 Å². The molecule has 6 heteroatoms. The Kier molecular flexibility index (Phi) is 40.4. The predicted octanol–water partition coefficient (Wildman–Crippen LogP) is 12.4. The van der Waals surface area contributed by atoms with E-state index in [1.165, 1.54) is 103 Å². The van der Waals surface area contributed by atoms with E-state index in [9.17, 15) is 14.7 Å². The van der Waals surface area contributed by atoms with Crippen LogP contribution in [0.1, 0.15) is 200 Å². The van der Waals surface area contributed by atoms with Crippen molar-refractivity contribution < 1.29 is 29.3 Å². The average molecular weight is 717 g/mol. The van der Waals surface area contributed by atoms with Crippen LogP contribution in [0.2, 0.25) is 0 Å². The van der Waals surface area contributed by atoms with Gasteiger partial charge in [-0.3, -0.25) is 9.59 Å². The average Bonchev–Trinajstić information content (AvgIpc) is 3.13. The molecular formula is C45H80O6. The van der Waals surface area contributed by atoms with Crippen LogP contribution in [0.25, 0.3) is 0 Å². The Hall–Kier alpha value is -2.18. The van der Waals surface area contributed by atoms with Gasteiger partial charge in [-0.05, 0) is 57.8 Å². The van der Waals surface area contributed by atoms with Gasteiger partial charge < -0.3 is 19.7 Å². The predicted molar refractivity (Wildman–Crippen MR) is 216 cm³/mol. The van der Waals surface area contributed by atoms with E-state index in [4.69, 9.17) is 14.6 Å². The molecule has 0 spiro atoms. The summed E-state index contributed by atoms with van der Waals surface area (Å²) in [6.45, 7) is 2.28. The summed E-state index contributed by atoms with van der Waals surface area (Å²) in [6, 6.07) is 0. The van der Waals surface area contributed by atoms with Crippen LogP contribution in [0, 0.1) is 0 Å². The summed E-state index contributed by atoms with van der Waals surface area (Å²) < 4.78 is 10.3. The molecule has 2 N–H and O–H groups in total. The van der Waals surface area contributed by atoms with Crippen molar-refractivity contribution in [1.82, 2.24) is 0 Å². The van der Waals surface area contributed by atoms with E-state index >= 15 is 0 Å². The molecule has 0 saturated heterocycles. The van der Waals surface area contributed by atoms with Gasteiger partial charge in [0.15, 0.2) is 0 Å². The van der Waals surface area contributed by atoms with Crippen molar-refractivity contribution in [2.45, 2.75) is 206 Å². The molecule has 6 nitrogen and oxygen atoms in total. The summed E-state index contributed by atoms with van der Waals surface area (Å²) >= 11 is 0. The largest absolute Gasteiger partial charge is 0.463 e. The van der Waals surface area contributed by atoms with Gasteiger partial charge in [0.2, 0.25) is 0 Å². The van der Waals surface area contributed by atoms with Crippen molar-refractivity contribution in [3.05, 3.63) is 48.6 Å². The first-order chi connectivity index (χ1) is 25.1. The van der Waals surface area contributed by atoms with Crippen molar-refractivity contribution in [1.29, 1.82) is 0 Å². The minimum absolute atomic E-state index is 0.138. The minimum atomic E-state index is -0.992. The molecule has 0 amide bonds. The van der Waals surface area contributed by atoms with Crippen LogP contribution >= 0.6 is 0 Å². The molecule has 51 heavy (non-hydrogen) atoms. The summed E-state index contributed by atoms with van der Waals surface area (Å²) in [5, 5.41) is 18.8. The lowest BCUT2D eigenvalue weighted by molar-refractivity contribution is -0.152. The number of ether oxygens (including phenoxy) is 2. The Morgan fingerprint density at radius 2 is 0.784 bits per heavy atom. The molecule has 0 radical (unpaired) electrons. The zero-order chi connectivity index (χ0) is 37.1. The maximum atomic E-state index is 12.0. The molecule has 0 aromatic heterocycles. The van der Waals surface area contributed by atoms with E-state index in [2.05, 4.69) is 55.5 Å². The number of unbranched alkanes of at least 4 members (excludes halogenated alkanes) is 22. The number of aliphatic hydroxyl groups excluding tert-OH is 2. The summed E-state index contributed by atoms with van der Waals surface area (Å²) in [5.74, 6) is -0.637. The van der Waals surface area contributed by atoms with Crippen LogP contribution < -0.4 is 0 Å². The Bertz CT molecular complexity index is 861. The van der Waals surface area contributed by atoms with Gasteiger partial charge in [0.25, 0.3) is 0 Å². The van der Waals surface area contributed by atoms with Crippen molar-refractivity contribution in [2.75, 3.05) is 19.8 Å². The maximum Gasteiger partial charge on any atom is 0.305 e. The number of hydrogen-bond donors (Lipinski definition) is 2. The van der Waals surface area contributed by atoms with Gasteiger partial charge in [0.1, 0.15) is 19.3 Å². The molecule has 1 atom stereocenters. The Balaban J connectivity index is 3.49. The quantitative estimate of drug-likeness (QED) is 0.0374. The topological polar surface area (TPSA) is 93.1 Å². The number of hydrogen-bond acceptors (Lipinski definition) is 6. The third-order valence-electron chi connectivity index (χ3n) is 9.12. The lowest BCUT2D eigenvalue weighted by Gasteiger charge is -2.12. The van der Waals surface area contributed by atoms with Gasteiger partial charge in [0, 0.05) is 19.4 Å². The smallest absolute Gasteiger partial charge is 0.305 e. The first-order valence-corrected chi connectivity index (χ1v) is 21.3. The summed E-state index contributed by atoms with van der Waals surface area (Å²) in [6.07, 6.45) is 50.5. The number of allylic oxidation sites excluding steroid dienone is 8. The first-order valence-electron chi connectivity index (χ1n) is 21.3. The fourth-order valence-corrected chi connectivity index (χ4v) is 5.88. The zero-order valence-electron chi connectivity index (χ0n) is 33.1. The molecule has 0 aliphatic carbocycles. The minimum Gasteiger partial charge on any atom is -0.463 e. The van der Waals surface area contributed by atoms with Crippen LogP contribution in [0.3, 0.4) is 0 Å². The summed E-state index contributed by atoms with van der Waals surface area (Å²) in [7, 11) is 0. The number of carbonyl (C=O) groups is 2. The Morgan fingerprint density at radius 1 is 0.451 bits per heavy atom. The molecule has 0 aliphatic heterocycles. The van der Waals surface area contributed by atoms with Crippen LogP contribution in [0.15, 0.2) is 48.6 Å². The van der Waals surface area contributed by atoms with Crippen molar-refractivity contribution in [3.8, 4) is 0 Å². The molecule has 0 unspecified atom stereocenters. The number of carbonyl (C=O) groups excluding carboxylic acids is 2. The first kappa shape index (κ1) is 48.8. The van der Waals surface area contributed by atoms with Gasteiger partial charge in [-0.25, -0.2) is 0 Å². The van der Waals surface area contributed by atoms with Crippen molar-refractivity contribution in [3.63, 3.8) is 0 Å². The van der Waals surface area contributed by atoms with Crippen molar-refractivity contribution >= 4 is 11.9 Å². The highest BCUT2D eigenvalue weighted by molar-refractivity contribution is 5.69. The molecule has 0 aromatic carbocycles. The highest BCUT2D eigenvalue weighted by Gasteiger charge is 2.12. The van der Waals surface area contributed by atoms with E-state index in [1.54, 1.807) is 0 Å². The molecule has 0 fully saturated rings. The SMILES string of the molecule is CCCCCCCCCCCCCCCCCCCCCC(=O)OC[C@H](O)COC(=O)CCC/C=C\C/C=C\C/C=C\C/C=C\CCCCCO. The van der Waals surface area contributed by atoms with E-state index < -0.39 is 6.10 Å². The lowest BCUT2D eigenvalue weighted by Crippen LogP contribution is -2.25. The third kappa shape index (κ3) is 42.1.